The van der Waals surface area contributed by atoms with Crippen LogP contribution in [0.4, 0.5) is 32.0 Å². The number of benzene rings is 2. The van der Waals surface area contributed by atoms with Crippen LogP contribution in [0.5, 0.6) is 0 Å². The smallest absolute Gasteiger partial charge is 0.282 e. The third-order valence-electron chi connectivity index (χ3n) is 3.86. The van der Waals surface area contributed by atoms with E-state index >= 15 is 0 Å². The number of amides is 1. The zero-order valence-electron chi connectivity index (χ0n) is 16.1. The Bertz CT molecular complexity index is 1040. The Morgan fingerprint density at radius 3 is 2.07 bits per heavy atom. The van der Waals surface area contributed by atoms with E-state index in [0.29, 0.717) is 12.1 Å². The monoisotopic (exact) mass is 429 g/mol. The second kappa shape index (κ2) is 9.47. The average molecular weight is 429 g/mol. The maximum Gasteiger partial charge on any atom is 0.282 e. The topological polar surface area (TPSA) is 46.9 Å². The van der Waals surface area contributed by atoms with Crippen LogP contribution in [0.15, 0.2) is 36.4 Å². The third kappa shape index (κ3) is 4.81. The fourth-order valence-corrected chi connectivity index (χ4v) is 2.60. The second-order valence-corrected chi connectivity index (χ2v) is 5.77. The zero-order chi connectivity index (χ0) is 22.6. The third-order valence-corrected chi connectivity index (χ3v) is 3.86. The van der Waals surface area contributed by atoms with Crippen molar-refractivity contribution in [2.45, 2.75) is 20.3 Å². The highest BCUT2D eigenvalue weighted by molar-refractivity contribution is 6.04. The van der Waals surface area contributed by atoms with Crippen LogP contribution in [0.3, 0.4) is 0 Å². The minimum Gasteiger partial charge on any atom is -0.322 e. The number of halogens is 6. The predicted octanol–water partition coefficient (Wildman–Crippen LogP) is 5.86. The van der Waals surface area contributed by atoms with Crippen molar-refractivity contribution in [1.82, 2.24) is 9.78 Å². The first-order chi connectivity index (χ1) is 14.2. The van der Waals surface area contributed by atoms with Crippen LogP contribution in [0.25, 0.3) is 11.3 Å². The molecule has 0 aliphatic rings. The lowest BCUT2D eigenvalue weighted by atomic mass is 10.1. The van der Waals surface area contributed by atoms with Crippen molar-refractivity contribution >= 4 is 11.6 Å². The quantitative estimate of drug-likeness (QED) is 0.528. The van der Waals surface area contributed by atoms with Crippen molar-refractivity contribution in [3.8, 4) is 11.3 Å². The number of nitrogens with one attached hydrogen (secondary N) is 1. The summed E-state index contributed by atoms with van der Waals surface area (Å²) in [5, 5.41) is 5.67. The van der Waals surface area contributed by atoms with Gasteiger partial charge in [-0.1, -0.05) is 13.8 Å². The molecule has 0 saturated heterocycles. The molecule has 10 heteroatoms. The Labute approximate surface area is 168 Å². The van der Waals surface area contributed by atoms with Crippen LogP contribution in [-0.4, -0.2) is 15.7 Å². The fourth-order valence-electron chi connectivity index (χ4n) is 2.60. The standard InChI is InChI=1S/C18H11F6N3O.C2H6/c1-27-15(7-14(26-27)17(23)24)10-3-2-9(6-11(10)20)25-18(28)16-12(21)4-8(19)5-13(16)22;1-2/h2-7,17H,1H3,(H,25,28);1-2H3. The molecule has 0 aliphatic heterocycles. The van der Waals surface area contributed by atoms with Crippen molar-refractivity contribution in [3.05, 3.63) is 70.9 Å². The molecular formula is C20H17F6N3O. The summed E-state index contributed by atoms with van der Waals surface area (Å²) in [5.74, 6) is -6.16. The summed E-state index contributed by atoms with van der Waals surface area (Å²) in [6, 6.07) is 4.95. The number of carbonyl (C=O) groups excluding carboxylic acids is 1. The van der Waals surface area contributed by atoms with Crippen LogP contribution in [0.1, 0.15) is 36.3 Å². The summed E-state index contributed by atoms with van der Waals surface area (Å²) < 4.78 is 81.2. The second-order valence-electron chi connectivity index (χ2n) is 5.77. The highest BCUT2D eigenvalue weighted by Gasteiger charge is 2.21. The molecular weight excluding hydrogens is 412 g/mol. The number of anilines is 1. The Kier molecular flexibility index (Phi) is 7.25. The van der Waals surface area contributed by atoms with Gasteiger partial charge in [-0.25, -0.2) is 26.3 Å². The Morgan fingerprint density at radius 2 is 1.57 bits per heavy atom. The molecule has 2 aromatic carbocycles. The summed E-state index contributed by atoms with van der Waals surface area (Å²) in [5.41, 5.74) is -1.71. The number of nitrogens with zero attached hydrogens (tertiary/aromatic N) is 2. The van der Waals surface area contributed by atoms with E-state index in [9.17, 15) is 31.1 Å². The molecule has 0 atom stereocenters. The number of carbonyl (C=O) groups is 1. The summed E-state index contributed by atoms with van der Waals surface area (Å²) in [4.78, 5) is 12.0. The number of rotatable bonds is 4. The van der Waals surface area contributed by atoms with Gasteiger partial charge < -0.3 is 5.32 Å². The minimum atomic E-state index is -2.83. The van der Waals surface area contributed by atoms with E-state index in [2.05, 4.69) is 10.4 Å². The van der Waals surface area contributed by atoms with Crippen LogP contribution in [-0.2, 0) is 7.05 Å². The predicted molar refractivity (Wildman–Crippen MR) is 99.2 cm³/mol. The van der Waals surface area contributed by atoms with Gasteiger partial charge in [0.2, 0.25) is 0 Å². The van der Waals surface area contributed by atoms with Gasteiger partial charge in [-0.3, -0.25) is 9.48 Å². The summed E-state index contributed by atoms with van der Waals surface area (Å²) >= 11 is 0. The lowest BCUT2D eigenvalue weighted by Gasteiger charge is -2.09. The average Bonchev–Trinajstić information content (AvgIpc) is 3.04. The van der Waals surface area contributed by atoms with Gasteiger partial charge in [0.1, 0.15) is 34.5 Å². The first-order valence-electron chi connectivity index (χ1n) is 8.75. The summed E-state index contributed by atoms with van der Waals surface area (Å²) in [7, 11) is 1.36. The van der Waals surface area contributed by atoms with Crippen molar-refractivity contribution < 1.29 is 31.1 Å². The van der Waals surface area contributed by atoms with Crippen LogP contribution >= 0.6 is 0 Å². The molecule has 0 bridgehead atoms. The van der Waals surface area contributed by atoms with Gasteiger partial charge >= 0.3 is 0 Å². The van der Waals surface area contributed by atoms with Gasteiger partial charge in [-0.2, -0.15) is 5.10 Å². The van der Waals surface area contributed by atoms with E-state index < -0.39 is 46.9 Å². The molecule has 0 fully saturated rings. The number of hydrogen-bond donors (Lipinski definition) is 1. The molecule has 1 heterocycles. The van der Waals surface area contributed by atoms with Crippen molar-refractivity contribution in [2.75, 3.05) is 5.32 Å². The number of aromatic nitrogens is 2. The molecule has 0 radical (unpaired) electrons. The molecule has 3 aromatic rings. The molecule has 0 unspecified atom stereocenters. The van der Waals surface area contributed by atoms with Gasteiger partial charge in [-0.05, 0) is 24.3 Å². The first kappa shape index (κ1) is 23.0. The molecule has 0 aliphatic carbocycles. The molecule has 0 saturated carbocycles. The number of hydrogen-bond acceptors (Lipinski definition) is 2. The van der Waals surface area contributed by atoms with E-state index in [1.807, 2.05) is 13.8 Å². The van der Waals surface area contributed by atoms with Gasteiger partial charge in [0.25, 0.3) is 12.3 Å². The molecule has 1 N–H and O–H groups in total. The molecule has 1 amide bonds. The van der Waals surface area contributed by atoms with Gasteiger partial charge in [0, 0.05) is 30.4 Å². The minimum absolute atomic E-state index is 0.0703. The first-order valence-corrected chi connectivity index (χ1v) is 8.75. The van der Waals surface area contributed by atoms with Crippen molar-refractivity contribution in [1.29, 1.82) is 0 Å². The maximum atomic E-state index is 14.4. The SMILES string of the molecule is CC.Cn1nc(C(F)F)cc1-c1ccc(NC(=O)c2c(F)cc(F)cc2F)cc1F. The Hall–Kier alpha value is -3.30. The van der Waals surface area contributed by atoms with Gasteiger partial charge in [0.05, 0.1) is 5.69 Å². The van der Waals surface area contributed by atoms with Crippen molar-refractivity contribution in [2.24, 2.45) is 7.05 Å². The van der Waals surface area contributed by atoms with E-state index in [0.717, 1.165) is 16.8 Å². The lowest BCUT2D eigenvalue weighted by Crippen LogP contribution is -2.16. The maximum absolute atomic E-state index is 14.4. The van der Waals surface area contributed by atoms with Crippen LogP contribution in [0, 0.1) is 23.3 Å². The van der Waals surface area contributed by atoms with Gasteiger partial charge in [-0.15, -0.1) is 0 Å². The molecule has 4 nitrogen and oxygen atoms in total. The summed E-state index contributed by atoms with van der Waals surface area (Å²) in [6.45, 7) is 4.00. The molecule has 0 spiro atoms. The number of alkyl halides is 2. The highest BCUT2D eigenvalue weighted by atomic mass is 19.3. The molecule has 160 valence electrons. The Morgan fingerprint density at radius 1 is 0.967 bits per heavy atom. The largest absolute Gasteiger partial charge is 0.322 e. The van der Waals surface area contributed by atoms with E-state index in [1.54, 1.807) is 0 Å². The Balaban J connectivity index is 0.00000155. The summed E-state index contributed by atoms with van der Waals surface area (Å²) in [6.07, 6.45) is -2.83. The van der Waals surface area contributed by atoms with Crippen LogP contribution in [0.2, 0.25) is 0 Å². The molecule has 1 aromatic heterocycles. The molecule has 30 heavy (non-hydrogen) atoms. The zero-order valence-corrected chi connectivity index (χ0v) is 16.1. The van der Waals surface area contributed by atoms with E-state index in [1.165, 1.54) is 19.2 Å². The molecule has 3 rings (SSSR count). The number of aryl methyl sites for hydroxylation is 1. The van der Waals surface area contributed by atoms with Gasteiger partial charge in [0.15, 0.2) is 0 Å². The van der Waals surface area contributed by atoms with Crippen molar-refractivity contribution in [3.63, 3.8) is 0 Å². The van der Waals surface area contributed by atoms with E-state index in [4.69, 9.17) is 0 Å². The van der Waals surface area contributed by atoms with E-state index in [-0.39, 0.29) is 16.9 Å². The highest BCUT2D eigenvalue weighted by Crippen LogP contribution is 2.29. The lowest BCUT2D eigenvalue weighted by molar-refractivity contribution is 0.101. The fraction of sp³-hybridized carbons (Fsp3) is 0.200. The normalized spacial score (nSPS) is 10.6. The van der Waals surface area contributed by atoms with Crippen LogP contribution < -0.4 is 5.32 Å².